The van der Waals surface area contributed by atoms with Gasteiger partial charge in [-0.15, -0.1) is 0 Å². The van der Waals surface area contributed by atoms with Gasteiger partial charge in [-0.2, -0.15) is 0 Å². The number of carbonyl (C=O) groups excluding carboxylic acids is 1. The summed E-state index contributed by atoms with van der Waals surface area (Å²) in [6, 6.07) is 10.4. The number of aromatic nitrogens is 2. The molecule has 0 radical (unpaired) electrons. The molecule has 3 aromatic rings. The zero-order chi connectivity index (χ0) is 20.3. The molecule has 0 unspecified atom stereocenters. The molecule has 28 heavy (non-hydrogen) atoms. The van der Waals surface area contributed by atoms with Crippen molar-refractivity contribution >= 4 is 23.4 Å². The maximum absolute atomic E-state index is 13.8. The molecule has 0 bridgehead atoms. The Balaban J connectivity index is 1.74. The third-order valence-corrected chi connectivity index (χ3v) is 5.21. The van der Waals surface area contributed by atoms with Crippen molar-refractivity contribution in [2.24, 2.45) is 0 Å². The minimum Gasteiger partial charge on any atom is -0.325 e. The molecule has 0 spiro atoms. The van der Waals surface area contributed by atoms with Crippen LogP contribution in [0.1, 0.15) is 16.7 Å². The molecule has 1 aromatic heterocycles. The first kappa shape index (κ1) is 19.8. The minimum absolute atomic E-state index is 0.0435. The zero-order valence-corrected chi connectivity index (χ0v) is 16.6. The topological polar surface area (TPSA) is 64.0 Å². The lowest BCUT2D eigenvalue weighted by Gasteiger charge is -2.10. The number of hydrogen-bond donors (Lipinski definition) is 1. The average Bonchev–Trinajstić information content (AvgIpc) is 2.66. The molecule has 7 heteroatoms. The summed E-state index contributed by atoms with van der Waals surface area (Å²) in [5, 5.41) is 3.03. The Labute approximate surface area is 166 Å². The highest BCUT2D eigenvalue weighted by molar-refractivity contribution is 7.99. The number of carbonyl (C=O) groups is 1. The monoisotopic (exact) mass is 397 g/mol. The molecule has 0 fully saturated rings. The minimum atomic E-state index is -0.393. The van der Waals surface area contributed by atoms with E-state index in [4.69, 9.17) is 0 Å². The second kappa shape index (κ2) is 8.39. The quantitative estimate of drug-likeness (QED) is 0.661. The van der Waals surface area contributed by atoms with Gasteiger partial charge in [-0.05, 0) is 55.7 Å². The number of nitrogens with one attached hydrogen (secondary N) is 1. The summed E-state index contributed by atoms with van der Waals surface area (Å²) in [7, 11) is 0. The van der Waals surface area contributed by atoms with Gasteiger partial charge in [0.15, 0.2) is 5.03 Å². The van der Waals surface area contributed by atoms with E-state index < -0.39 is 5.56 Å². The number of nitrogens with zero attached hydrogens (tertiary/aromatic N) is 2. The number of rotatable bonds is 5. The highest BCUT2D eigenvalue weighted by Gasteiger charge is 2.12. The van der Waals surface area contributed by atoms with E-state index in [0.29, 0.717) is 11.3 Å². The van der Waals surface area contributed by atoms with Gasteiger partial charge in [0.05, 0.1) is 11.4 Å². The largest absolute Gasteiger partial charge is 0.325 e. The number of aryl methyl sites for hydroxylation is 3. The van der Waals surface area contributed by atoms with Gasteiger partial charge in [-0.3, -0.25) is 14.2 Å². The normalized spacial score (nSPS) is 10.7. The van der Waals surface area contributed by atoms with Crippen LogP contribution in [0, 0.1) is 26.6 Å². The van der Waals surface area contributed by atoms with Gasteiger partial charge in [0, 0.05) is 18.1 Å². The van der Waals surface area contributed by atoms with Gasteiger partial charge in [-0.1, -0.05) is 30.0 Å². The maximum Gasteiger partial charge on any atom is 0.287 e. The van der Waals surface area contributed by atoms with Crippen LogP contribution in [0.4, 0.5) is 10.1 Å². The first-order valence-corrected chi connectivity index (χ1v) is 9.68. The van der Waals surface area contributed by atoms with Gasteiger partial charge >= 0.3 is 0 Å². The van der Waals surface area contributed by atoms with Crippen LogP contribution in [0.5, 0.6) is 0 Å². The summed E-state index contributed by atoms with van der Waals surface area (Å²) in [5.41, 5.74) is 3.28. The summed E-state index contributed by atoms with van der Waals surface area (Å²) in [5.74, 6) is -0.568. The second-order valence-corrected chi connectivity index (χ2v) is 7.46. The highest BCUT2D eigenvalue weighted by Crippen LogP contribution is 2.18. The van der Waals surface area contributed by atoms with Crippen LogP contribution in [0.2, 0.25) is 0 Å². The number of halogens is 1. The Bertz CT molecular complexity index is 1100. The fraction of sp³-hybridized carbons (Fsp3) is 0.190. The van der Waals surface area contributed by atoms with Crippen LogP contribution >= 0.6 is 11.8 Å². The SMILES string of the molecule is Cc1ccc(C)c(NC(=O)CSc2nccn(-c3ccc(C)c(F)c3)c2=O)c1. The van der Waals surface area contributed by atoms with Crippen molar-refractivity contribution in [2.75, 3.05) is 11.1 Å². The van der Waals surface area contributed by atoms with Crippen LogP contribution in [0.15, 0.2) is 58.6 Å². The summed E-state index contributed by atoms with van der Waals surface area (Å²) < 4.78 is 15.1. The Morgan fingerprint density at radius 2 is 1.89 bits per heavy atom. The third kappa shape index (κ3) is 4.48. The number of amides is 1. The van der Waals surface area contributed by atoms with E-state index in [1.165, 1.54) is 23.0 Å². The van der Waals surface area contributed by atoms with Crippen LogP contribution in [-0.2, 0) is 4.79 Å². The maximum atomic E-state index is 13.8. The molecule has 0 aliphatic carbocycles. The van der Waals surface area contributed by atoms with Crippen molar-refractivity contribution < 1.29 is 9.18 Å². The predicted molar refractivity (Wildman–Crippen MR) is 110 cm³/mol. The standard InChI is InChI=1S/C21H20FN3O2S/c1-13-4-5-15(3)18(10-13)24-19(26)12-28-20-21(27)25(9-8-23-20)16-7-6-14(2)17(22)11-16/h4-11H,12H2,1-3H3,(H,24,26). The smallest absolute Gasteiger partial charge is 0.287 e. The Kier molecular flexibility index (Phi) is 5.94. The van der Waals surface area contributed by atoms with Crippen LogP contribution in [-0.4, -0.2) is 21.2 Å². The summed E-state index contributed by atoms with van der Waals surface area (Å²) in [4.78, 5) is 29.0. The Morgan fingerprint density at radius 3 is 2.64 bits per heavy atom. The molecule has 0 aliphatic rings. The molecule has 0 saturated carbocycles. The van der Waals surface area contributed by atoms with E-state index in [2.05, 4.69) is 10.3 Å². The zero-order valence-electron chi connectivity index (χ0n) is 15.8. The van der Waals surface area contributed by atoms with Crippen LogP contribution in [0.3, 0.4) is 0 Å². The van der Waals surface area contributed by atoms with E-state index >= 15 is 0 Å². The van der Waals surface area contributed by atoms with Crippen molar-refractivity contribution in [3.63, 3.8) is 0 Å². The van der Waals surface area contributed by atoms with Crippen LogP contribution < -0.4 is 10.9 Å². The lowest BCUT2D eigenvalue weighted by Crippen LogP contribution is -2.22. The molecular formula is C21H20FN3O2S. The highest BCUT2D eigenvalue weighted by atomic mass is 32.2. The second-order valence-electron chi connectivity index (χ2n) is 6.50. The van der Waals surface area contributed by atoms with E-state index in [9.17, 15) is 14.0 Å². The predicted octanol–water partition coefficient (Wildman–Crippen LogP) is 4.03. The summed E-state index contributed by atoms with van der Waals surface area (Å²) in [6.07, 6.45) is 2.94. The lowest BCUT2D eigenvalue weighted by atomic mass is 10.1. The lowest BCUT2D eigenvalue weighted by molar-refractivity contribution is -0.113. The number of thioether (sulfide) groups is 1. The Morgan fingerprint density at radius 1 is 1.14 bits per heavy atom. The number of benzene rings is 2. The van der Waals surface area contributed by atoms with Crippen molar-refractivity contribution in [3.8, 4) is 5.69 Å². The molecule has 0 atom stereocenters. The van der Waals surface area contributed by atoms with E-state index in [1.54, 1.807) is 19.1 Å². The van der Waals surface area contributed by atoms with Gasteiger partial charge in [0.2, 0.25) is 5.91 Å². The average molecular weight is 397 g/mol. The van der Waals surface area contributed by atoms with E-state index in [1.807, 2.05) is 32.0 Å². The first-order chi connectivity index (χ1) is 13.3. The van der Waals surface area contributed by atoms with E-state index in [0.717, 1.165) is 28.6 Å². The fourth-order valence-electron chi connectivity index (χ4n) is 2.62. The van der Waals surface area contributed by atoms with Crippen molar-refractivity contribution in [2.45, 2.75) is 25.8 Å². The molecule has 2 aromatic carbocycles. The molecule has 0 aliphatic heterocycles. The molecular weight excluding hydrogens is 377 g/mol. The molecule has 0 saturated heterocycles. The van der Waals surface area contributed by atoms with Gasteiger partial charge < -0.3 is 5.32 Å². The van der Waals surface area contributed by atoms with Gasteiger partial charge in [-0.25, -0.2) is 9.37 Å². The third-order valence-electron chi connectivity index (χ3n) is 4.25. The molecule has 3 rings (SSSR count). The molecule has 1 heterocycles. The number of hydrogen-bond acceptors (Lipinski definition) is 4. The fourth-order valence-corrected chi connectivity index (χ4v) is 3.32. The Hall–Kier alpha value is -2.93. The van der Waals surface area contributed by atoms with Gasteiger partial charge in [0.25, 0.3) is 5.56 Å². The van der Waals surface area contributed by atoms with Crippen molar-refractivity contribution in [3.05, 3.63) is 81.7 Å². The first-order valence-electron chi connectivity index (χ1n) is 8.69. The number of anilines is 1. The van der Waals surface area contributed by atoms with Crippen molar-refractivity contribution in [1.29, 1.82) is 0 Å². The summed E-state index contributed by atoms with van der Waals surface area (Å²) in [6.45, 7) is 5.53. The molecule has 5 nitrogen and oxygen atoms in total. The van der Waals surface area contributed by atoms with Crippen molar-refractivity contribution in [1.82, 2.24) is 9.55 Å². The van der Waals surface area contributed by atoms with Crippen LogP contribution in [0.25, 0.3) is 5.69 Å². The summed E-state index contributed by atoms with van der Waals surface area (Å²) >= 11 is 1.05. The molecule has 1 amide bonds. The molecule has 1 N–H and O–H groups in total. The van der Waals surface area contributed by atoms with E-state index in [-0.39, 0.29) is 22.5 Å². The van der Waals surface area contributed by atoms with Gasteiger partial charge in [0.1, 0.15) is 5.82 Å². The molecule has 144 valence electrons.